The summed E-state index contributed by atoms with van der Waals surface area (Å²) in [7, 11) is 0.154. The molecule has 1 aliphatic heterocycles. The molecule has 0 spiro atoms. The van der Waals surface area contributed by atoms with Gasteiger partial charge in [-0.25, -0.2) is 8.78 Å². The summed E-state index contributed by atoms with van der Waals surface area (Å²) in [6, 6.07) is 1.45. The van der Waals surface area contributed by atoms with Gasteiger partial charge in [0.15, 0.2) is 0 Å². The molecule has 2 rings (SSSR count). The molecule has 0 aromatic heterocycles. The summed E-state index contributed by atoms with van der Waals surface area (Å²) in [5.41, 5.74) is -0.0611. The standard InChI is InChI=1S/C12H13F2N2O2P/c1-19-10-5-6(13)9(4-7(10)14)15-8-2-3-11(17)16-12(8)18/h4-5,8,15,19H,2-3H2,1H3,(H,16,17,18). The van der Waals surface area contributed by atoms with Crippen molar-refractivity contribution in [2.75, 3.05) is 12.0 Å². The van der Waals surface area contributed by atoms with Gasteiger partial charge in [-0.2, -0.15) is 0 Å². The van der Waals surface area contributed by atoms with Crippen molar-refractivity contribution in [2.45, 2.75) is 18.9 Å². The first-order chi connectivity index (χ1) is 9.01. The zero-order valence-corrected chi connectivity index (χ0v) is 11.2. The van der Waals surface area contributed by atoms with Gasteiger partial charge in [-0.3, -0.25) is 14.9 Å². The van der Waals surface area contributed by atoms with E-state index in [2.05, 4.69) is 10.6 Å². The number of hydrogen-bond acceptors (Lipinski definition) is 3. The van der Waals surface area contributed by atoms with E-state index in [1.54, 1.807) is 6.66 Å². The van der Waals surface area contributed by atoms with Crippen LogP contribution in [0, 0.1) is 11.6 Å². The normalized spacial score (nSPS) is 19.8. The SMILES string of the molecule is CPc1cc(F)c(NC2CCC(=O)NC2=O)cc1F. The van der Waals surface area contributed by atoms with Crippen LogP contribution in [0.3, 0.4) is 0 Å². The summed E-state index contributed by atoms with van der Waals surface area (Å²) in [4.78, 5) is 22.5. The molecule has 19 heavy (non-hydrogen) atoms. The molecule has 2 unspecified atom stereocenters. The molecular formula is C12H13F2N2O2P. The second kappa shape index (κ2) is 5.61. The largest absolute Gasteiger partial charge is 0.371 e. The zero-order chi connectivity index (χ0) is 14.0. The summed E-state index contributed by atoms with van der Waals surface area (Å²) in [6.07, 6.45) is 0.449. The highest BCUT2D eigenvalue weighted by Crippen LogP contribution is 2.20. The van der Waals surface area contributed by atoms with Crippen molar-refractivity contribution < 1.29 is 18.4 Å². The van der Waals surface area contributed by atoms with E-state index in [1.165, 1.54) is 0 Å². The summed E-state index contributed by atoms with van der Waals surface area (Å²) in [5.74, 6) is -1.97. The molecule has 2 amide bonds. The van der Waals surface area contributed by atoms with E-state index in [1.807, 2.05) is 0 Å². The van der Waals surface area contributed by atoms with E-state index in [9.17, 15) is 18.4 Å². The summed E-state index contributed by atoms with van der Waals surface area (Å²) in [6.45, 7) is 1.76. The Morgan fingerprint density at radius 1 is 1.32 bits per heavy atom. The van der Waals surface area contributed by atoms with Crippen molar-refractivity contribution in [2.24, 2.45) is 0 Å². The van der Waals surface area contributed by atoms with Gasteiger partial charge in [-0.15, -0.1) is 0 Å². The van der Waals surface area contributed by atoms with Crippen LogP contribution in [0.15, 0.2) is 12.1 Å². The molecule has 1 aromatic carbocycles. The van der Waals surface area contributed by atoms with Crippen LogP contribution in [0.1, 0.15) is 12.8 Å². The van der Waals surface area contributed by atoms with Crippen molar-refractivity contribution in [1.82, 2.24) is 5.32 Å². The lowest BCUT2D eigenvalue weighted by Gasteiger charge is -2.23. The number of anilines is 1. The fraction of sp³-hybridized carbons (Fsp3) is 0.333. The van der Waals surface area contributed by atoms with E-state index in [0.717, 1.165) is 12.1 Å². The van der Waals surface area contributed by atoms with Gasteiger partial charge in [0.05, 0.1) is 5.69 Å². The lowest BCUT2D eigenvalue weighted by molar-refractivity contribution is -0.133. The highest BCUT2D eigenvalue weighted by Gasteiger charge is 2.27. The maximum Gasteiger partial charge on any atom is 0.249 e. The molecule has 0 bridgehead atoms. The fourth-order valence-corrected chi connectivity index (χ4v) is 2.45. The molecule has 7 heteroatoms. The molecule has 1 aromatic rings. The Kier molecular flexibility index (Phi) is 4.10. The molecule has 0 radical (unpaired) electrons. The number of halogens is 2. The molecule has 0 saturated carbocycles. The van der Waals surface area contributed by atoms with Gasteiger partial charge >= 0.3 is 0 Å². The molecule has 1 saturated heterocycles. The third-order valence-corrected chi connectivity index (χ3v) is 3.82. The van der Waals surface area contributed by atoms with Gasteiger partial charge in [0.2, 0.25) is 11.8 Å². The average molecular weight is 286 g/mol. The molecule has 1 aliphatic rings. The Morgan fingerprint density at radius 3 is 2.68 bits per heavy atom. The number of carbonyl (C=O) groups is 2. The maximum atomic E-state index is 13.8. The minimum atomic E-state index is -0.721. The van der Waals surface area contributed by atoms with E-state index >= 15 is 0 Å². The highest BCUT2D eigenvalue weighted by molar-refractivity contribution is 7.46. The number of imide groups is 1. The second-order valence-corrected chi connectivity index (χ2v) is 5.25. The molecule has 2 atom stereocenters. The van der Waals surface area contributed by atoms with Crippen LogP contribution in [-0.4, -0.2) is 24.5 Å². The van der Waals surface area contributed by atoms with Crippen molar-refractivity contribution in [1.29, 1.82) is 0 Å². The van der Waals surface area contributed by atoms with Gasteiger partial charge in [-0.1, -0.05) is 8.58 Å². The third-order valence-electron chi connectivity index (χ3n) is 2.89. The topological polar surface area (TPSA) is 58.2 Å². The van der Waals surface area contributed by atoms with Crippen LogP contribution >= 0.6 is 8.58 Å². The first-order valence-electron chi connectivity index (χ1n) is 5.78. The predicted octanol–water partition coefficient (Wildman–Crippen LogP) is 1.12. The van der Waals surface area contributed by atoms with Gasteiger partial charge in [0.25, 0.3) is 0 Å². The van der Waals surface area contributed by atoms with Crippen molar-refractivity contribution in [3.8, 4) is 0 Å². The average Bonchev–Trinajstić information content (AvgIpc) is 2.36. The number of carbonyl (C=O) groups excluding carboxylic acids is 2. The predicted molar refractivity (Wildman–Crippen MR) is 70.0 cm³/mol. The number of amides is 2. The first-order valence-corrected chi connectivity index (χ1v) is 7.28. The minimum absolute atomic E-state index is 0.0611. The lowest BCUT2D eigenvalue weighted by atomic mass is 10.1. The molecule has 1 heterocycles. The number of benzene rings is 1. The third kappa shape index (κ3) is 3.07. The summed E-state index contributed by atoms with van der Waals surface area (Å²) in [5, 5.41) is 5.10. The maximum absolute atomic E-state index is 13.8. The first kappa shape index (κ1) is 13.9. The van der Waals surface area contributed by atoms with E-state index in [0.29, 0.717) is 5.30 Å². The quantitative estimate of drug-likeness (QED) is 0.646. The van der Waals surface area contributed by atoms with Crippen molar-refractivity contribution in [3.05, 3.63) is 23.8 Å². The Morgan fingerprint density at radius 2 is 2.05 bits per heavy atom. The van der Waals surface area contributed by atoms with E-state index < -0.39 is 23.6 Å². The van der Waals surface area contributed by atoms with Crippen LogP contribution in [0.4, 0.5) is 14.5 Å². The van der Waals surface area contributed by atoms with E-state index in [-0.39, 0.29) is 33.0 Å². The Balaban J connectivity index is 2.17. The van der Waals surface area contributed by atoms with Crippen molar-refractivity contribution in [3.63, 3.8) is 0 Å². The minimum Gasteiger partial charge on any atom is -0.371 e. The Labute approximate surface area is 110 Å². The Hall–Kier alpha value is -1.55. The molecule has 0 aliphatic carbocycles. The number of rotatable bonds is 3. The number of hydrogen-bond donors (Lipinski definition) is 2. The van der Waals surface area contributed by atoms with E-state index in [4.69, 9.17) is 0 Å². The fourth-order valence-electron chi connectivity index (χ4n) is 1.87. The number of nitrogens with one attached hydrogen (secondary N) is 2. The highest BCUT2D eigenvalue weighted by atomic mass is 31.1. The smallest absolute Gasteiger partial charge is 0.249 e. The van der Waals surface area contributed by atoms with Crippen LogP contribution in [-0.2, 0) is 9.59 Å². The second-order valence-electron chi connectivity index (χ2n) is 4.21. The van der Waals surface area contributed by atoms with Gasteiger partial charge in [-0.05, 0) is 19.2 Å². The molecule has 2 N–H and O–H groups in total. The Bertz CT molecular complexity index is 537. The molecular weight excluding hydrogens is 273 g/mol. The molecule has 1 fully saturated rings. The zero-order valence-electron chi connectivity index (χ0n) is 10.2. The van der Waals surface area contributed by atoms with Gasteiger partial charge in [0.1, 0.15) is 17.7 Å². The monoisotopic (exact) mass is 286 g/mol. The number of piperidine rings is 1. The molecule has 102 valence electrons. The van der Waals surface area contributed by atoms with Crippen LogP contribution in [0.2, 0.25) is 0 Å². The molecule has 4 nitrogen and oxygen atoms in total. The van der Waals surface area contributed by atoms with Gasteiger partial charge < -0.3 is 5.32 Å². The van der Waals surface area contributed by atoms with Crippen LogP contribution < -0.4 is 15.9 Å². The summed E-state index contributed by atoms with van der Waals surface area (Å²) >= 11 is 0. The summed E-state index contributed by atoms with van der Waals surface area (Å²) < 4.78 is 27.3. The van der Waals surface area contributed by atoms with Crippen LogP contribution in [0.5, 0.6) is 0 Å². The van der Waals surface area contributed by atoms with Crippen LogP contribution in [0.25, 0.3) is 0 Å². The lowest BCUT2D eigenvalue weighted by Crippen LogP contribution is -2.47. The van der Waals surface area contributed by atoms with Gasteiger partial charge in [0, 0.05) is 17.8 Å². The van der Waals surface area contributed by atoms with Crippen molar-refractivity contribution >= 4 is 31.4 Å².